The third-order valence-electron chi connectivity index (χ3n) is 21.4. The molecule has 0 radical (unpaired) electrons. The Morgan fingerprint density at radius 1 is 0.413 bits per heavy atom. The topological polar surface area (TPSA) is 266 Å². The number of ether oxygens (including phenoxy) is 6. The van der Waals surface area contributed by atoms with Crippen LogP contribution in [0.3, 0.4) is 0 Å². The number of aromatic nitrogens is 8. The molecule has 0 unspecified atom stereocenters. The minimum atomic E-state index is -0.439. The molecule has 1 aliphatic carbocycles. The molecule has 18 rings (SSSR count). The van der Waals surface area contributed by atoms with E-state index >= 15 is 0 Å². The van der Waals surface area contributed by atoms with E-state index in [9.17, 15) is 45.9 Å². The van der Waals surface area contributed by atoms with Gasteiger partial charge in [-0.25, -0.2) is 75.8 Å². The van der Waals surface area contributed by atoms with Crippen LogP contribution in [0.2, 0.25) is 5.15 Å². The van der Waals surface area contributed by atoms with Crippen LogP contribution in [0.25, 0.3) is 66.7 Å². The number of amides is 5. The van der Waals surface area contributed by atoms with Gasteiger partial charge in [0.2, 0.25) is 5.95 Å². The fourth-order valence-electron chi connectivity index (χ4n) is 14.3. The molecule has 628 valence electrons. The van der Waals surface area contributed by atoms with Crippen LogP contribution in [-0.4, -0.2) is 166 Å². The highest BCUT2D eigenvalue weighted by Gasteiger charge is 2.37. The molecule has 5 atom stereocenters. The summed E-state index contributed by atoms with van der Waals surface area (Å²) in [6.45, 7) is 15.0. The van der Waals surface area contributed by atoms with E-state index in [4.69, 9.17) is 40.0 Å². The smallest absolute Gasteiger partial charge is 0.414 e. The average Bonchev–Trinajstić information content (AvgIpc) is 1.76. The van der Waals surface area contributed by atoms with Gasteiger partial charge in [-0.3, -0.25) is 29.5 Å². The molecule has 7 aliphatic rings. The number of nitrogens with zero attached hydrogens (tertiary/aromatic N) is 13. The number of fused-ring (bicyclic) bond motifs is 1. The number of hydrogen-bond donors (Lipinski definition) is 1. The van der Waals surface area contributed by atoms with Crippen LogP contribution in [-0.2, 0) is 28.4 Å². The third kappa shape index (κ3) is 20.1. The number of anilines is 6. The summed E-state index contributed by atoms with van der Waals surface area (Å²) in [4.78, 5) is 101. The first kappa shape index (κ1) is 85.1. The van der Waals surface area contributed by atoms with E-state index < -0.39 is 47.9 Å². The number of pyridine rings is 3. The van der Waals surface area contributed by atoms with E-state index in [1.807, 2.05) is 59.1 Å². The van der Waals surface area contributed by atoms with Crippen molar-refractivity contribution in [3.63, 3.8) is 0 Å². The largest absolute Gasteiger partial charge is 0.444 e. The first-order valence-corrected chi connectivity index (χ1v) is 41.7. The number of carbonyl (C=O) groups excluding carboxylic acids is 5. The molecule has 25 nitrogen and oxygen atoms in total. The average molecular weight is 1690 g/mol. The normalized spacial score (nSPS) is 18.7. The van der Waals surface area contributed by atoms with Crippen molar-refractivity contribution in [2.45, 2.75) is 128 Å². The maximum absolute atomic E-state index is 14.7. The summed E-state index contributed by atoms with van der Waals surface area (Å²) in [5, 5.41) is 1.79. The highest BCUT2D eigenvalue weighted by molar-refractivity contribution is 7.98. The van der Waals surface area contributed by atoms with Gasteiger partial charge in [0.05, 0.1) is 67.8 Å². The lowest BCUT2D eigenvalue weighted by atomic mass is 10.0. The maximum Gasteiger partial charge on any atom is 0.414 e. The van der Waals surface area contributed by atoms with Gasteiger partial charge in [0.15, 0.2) is 5.16 Å². The fourth-order valence-corrected chi connectivity index (χ4v) is 14.8. The molecule has 6 aliphatic heterocycles. The van der Waals surface area contributed by atoms with Crippen LogP contribution < -0.4 is 29.4 Å². The number of thioether (sulfide) groups is 1. The number of carbonyl (C=O) groups is 5. The molecule has 7 fully saturated rings. The third-order valence-corrected chi connectivity index (χ3v) is 22.2. The molecule has 0 spiro atoms. The Labute approximate surface area is 704 Å². The Morgan fingerprint density at radius 2 is 0.810 bits per heavy atom. The molecule has 1 N–H and O–H groups in total. The van der Waals surface area contributed by atoms with E-state index in [0.29, 0.717) is 140 Å². The number of aromatic amines is 1. The zero-order valence-electron chi connectivity index (χ0n) is 67.2. The molecule has 5 aromatic carbocycles. The van der Waals surface area contributed by atoms with Crippen LogP contribution in [0.4, 0.5) is 80.3 Å². The highest BCUT2D eigenvalue weighted by Crippen LogP contribution is 2.41. The minimum absolute atomic E-state index is 0.126. The number of nitrogens with one attached hydrogen (secondary N) is 1. The highest BCUT2D eigenvalue weighted by atomic mass is 35.5. The quantitative estimate of drug-likeness (QED) is 0.0275. The molecule has 32 heteroatoms. The second kappa shape index (κ2) is 38.8. The summed E-state index contributed by atoms with van der Waals surface area (Å²) < 4.78 is 104. The summed E-state index contributed by atoms with van der Waals surface area (Å²) in [7, 11) is 0. The summed E-state index contributed by atoms with van der Waals surface area (Å²) in [6, 6.07) is 34.6. The van der Waals surface area contributed by atoms with Crippen molar-refractivity contribution in [2.75, 3.05) is 94.7 Å². The summed E-state index contributed by atoms with van der Waals surface area (Å²) in [5.74, 6) is -0.807. The van der Waals surface area contributed by atoms with Crippen LogP contribution in [0.1, 0.15) is 97.6 Å². The summed E-state index contributed by atoms with van der Waals surface area (Å²) >= 11 is 7.25. The van der Waals surface area contributed by atoms with E-state index in [1.165, 1.54) is 85.6 Å². The molecular weight excluding hydrogens is 1600 g/mol. The van der Waals surface area contributed by atoms with E-state index in [0.717, 1.165) is 80.4 Å². The summed E-state index contributed by atoms with van der Waals surface area (Å²) in [6.07, 6.45) is 19.2. The minimum Gasteiger partial charge on any atom is -0.444 e. The molecule has 6 saturated heterocycles. The standard InChI is InChI=1S/C20H23FN4O3.C19H19FN2O2.C18H16FN3O2.C16H14ClFN2O2.C16H16FN3O2S/c1-2-16-13-25(20(26)28-16)15-4-5-17(18(21)10-15)14-11-22-19(23-12-14)24-6-3-8-27-9-7-24;1-2-15-11-22(19(23)24-15)14-6-7-16(17(20)9-14)13-5-8-18(21-10-13)12-3-4-12;1-2-12-10-22(18(23)24-12)11-3-4-14(16(19)9-11)13-5-7-20-17-15(13)6-8-21-17;1-2-12-9-20(16(21)22-12)11-3-4-13(14(18)8-11)10-5-6-19-15(17)7-10;1-3-12-9-20(16(21)22-12)11-4-5-13(14(17)6-11)10-7-18-15(23-2)19-8-10/h4-5,10-12,16H,2-3,6-9,13H2,1H3;5-10,12,15H,2-4,11H2,1H3;3-9,12H,2,10H2,1H3,(H,20,21);3-8,12H,2,9H2,1H3;4-8,12H,3,9H2,1-2H3/t16-;15-;3*12-/m00000/s1. The Morgan fingerprint density at radius 3 is 1.19 bits per heavy atom. The molecule has 6 aromatic heterocycles. The first-order valence-electron chi connectivity index (χ1n) is 40.1. The van der Waals surface area contributed by atoms with Crippen molar-refractivity contribution >= 4 is 99.2 Å². The monoisotopic (exact) mass is 1690 g/mol. The van der Waals surface area contributed by atoms with Crippen molar-refractivity contribution in [2.24, 2.45) is 0 Å². The number of benzene rings is 5. The lowest BCUT2D eigenvalue weighted by Crippen LogP contribution is -2.27. The predicted molar refractivity (Wildman–Crippen MR) is 452 cm³/mol. The van der Waals surface area contributed by atoms with Crippen LogP contribution in [0.5, 0.6) is 0 Å². The lowest BCUT2D eigenvalue weighted by Gasteiger charge is -2.19. The van der Waals surface area contributed by atoms with Crippen molar-refractivity contribution < 1.29 is 74.3 Å². The first-order chi connectivity index (χ1) is 58.7. The van der Waals surface area contributed by atoms with Crippen molar-refractivity contribution in [1.29, 1.82) is 0 Å². The lowest BCUT2D eigenvalue weighted by molar-refractivity contribution is 0.138. The van der Waals surface area contributed by atoms with E-state index in [1.54, 1.807) is 122 Å². The van der Waals surface area contributed by atoms with Gasteiger partial charge < -0.3 is 38.3 Å². The van der Waals surface area contributed by atoms with Gasteiger partial charge in [0.25, 0.3) is 0 Å². The number of rotatable bonds is 18. The van der Waals surface area contributed by atoms with Gasteiger partial charge in [-0.15, -0.1) is 0 Å². The van der Waals surface area contributed by atoms with E-state index in [2.05, 4.69) is 44.8 Å². The van der Waals surface area contributed by atoms with Gasteiger partial charge in [-0.1, -0.05) is 64.0 Å². The number of H-pyrrole nitrogens is 1. The summed E-state index contributed by atoms with van der Waals surface area (Å²) in [5.41, 5.74) is 9.83. The number of hydrogen-bond acceptors (Lipinski definition) is 20. The van der Waals surface area contributed by atoms with Crippen LogP contribution in [0, 0.1) is 29.1 Å². The Bertz CT molecular complexity index is 5540. The van der Waals surface area contributed by atoms with Gasteiger partial charge in [-0.2, -0.15) is 0 Å². The van der Waals surface area contributed by atoms with Crippen LogP contribution in [0.15, 0.2) is 182 Å². The van der Waals surface area contributed by atoms with Gasteiger partial charge in [0.1, 0.15) is 70.4 Å². The second-order valence-electron chi connectivity index (χ2n) is 29.3. The Kier molecular flexibility index (Phi) is 27.3. The van der Waals surface area contributed by atoms with Crippen molar-refractivity contribution in [3.8, 4) is 55.6 Å². The molecule has 0 bridgehead atoms. The number of cyclic esters (lactones) is 5. The van der Waals surface area contributed by atoms with Gasteiger partial charge >= 0.3 is 30.5 Å². The van der Waals surface area contributed by atoms with Gasteiger partial charge in [0, 0.05) is 131 Å². The molecule has 121 heavy (non-hydrogen) atoms. The number of halogens is 6. The molecule has 11 aromatic rings. The second-order valence-corrected chi connectivity index (χ2v) is 30.5. The predicted octanol–water partition coefficient (Wildman–Crippen LogP) is 19.9. The molecule has 5 amide bonds. The fraction of sp³-hybridized carbons (Fsp3) is 0.326. The maximum atomic E-state index is 14.7. The zero-order chi connectivity index (χ0) is 85.0. The molecular formula is C89H88ClF5N14O11S. The van der Waals surface area contributed by atoms with Gasteiger partial charge in [-0.05, 0) is 190 Å². The Balaban J connectivity index is 0.000000124. The van der Waals surface area contributed by atoms with Crippen LogP contribution >= 0.6 is 23.4 Å². The molecule has 12 heterocycles. The Hall–Kier alpha value is -12.4. The van der Waals surface area contributed by atoms with Crippen molar-refractivity contribution in [3.05, 3.63) is 217 Å². The SMILES string of the molecule is CC[C@H]1CN(c2ccc(-c3ccc(C4CC4)nc3)c(F)c2)C(=O)O1.CC[C@H]1CN(c2ccc(-c3ccnc(Cl)c3)c(F)c2)C(=O)O1.CC[C@H]1CN(c2ccc(-c3ccnc4[nH]ccc34)c(F)c2)C(=O)O1.CC[C@H]1CN(c2ccc(-c3cnc(N4CCCOCC4)nc3)c(F)c2)C(=O)O1.CC[C@H]1CN(c2ccc(-c3cnc(SC)nc3)c(F)c2)C(=O)O1. The zero-order valence-corrected chi connectivity index (χ0v) is 68.8. The van der Waals surface area contributed by atoms with E-state index in [-0.39, 0.29) is 42.2 Å². The van der Waals surface area contributed by atoms with Crippen molar-refractivity contribution in [1.82, 2.24) is 39.9 Å². The molecule has 1 saturated carbocycles.